The van der Waals surface area contributed by atoms with Crippen LogP contribution in [0.25, 0.3) is 0 Å². The van der Waals surface area contributed by atoms with Crippen LogP contribution < -0.4 is 10.5 Å². The van der Waals surface area contributed by atoms with E-state index in [9.17, 15) is 27.3 Å². The van der Waals surface area contributed by atoms with Crippen LogP contribution in [0.2, 0.25) is 0 Å². The number of sulfonamides is 1. The number of alkyl halides is 2. The summed E-state index contributed by atoms with van der Waals surface area (Å²) in [6, 6.07) is 3.17. The first kappa shape index (κ1) is 15.6. The van der Waals surface area contributed by atoms with Crippen molar-refractivity contribution in [1.82, 2.24) is 0 Å². The zero-order valence-corrected chi connectivity index (χ0v) is 11.6. The van der Waals surface area contributed by atoms with E-state index in [4.69, 9.17) is 5.14 Å². The fourth-order valence-corrected chi connectivity index (χ4v) is 2.71. The van der Waals surface area contributed by atoms with E-state index in [0.717, 1.165) is 12.1 Å². The molecule has 0 saturated heterocycles. The van der Waals surface area contributed by atoms with Gasteiger partial charge in [0.25, 0.3) is 5.69 Å². The fraction of sp³-hybridized carbons (Fsp3) is 0.455. The molecule has 21 heavy (non-hydrogen) atoms. The van der Waals surface area contributed by atoms with Gasteiger partial charge in [-0.1, -0.05) is 0 Å². The Bertz CT molecular complexity index is 670. The van der Waals surface area contributed by atoms with Crippen LogP contribution in [-0.2, 0) is 10.0 Å². The van der Waals surface area contributed by atoms with Crippen molar-refractivity contribution in [1.29, 1.82) is 0 Å². The second-order valence-electron chi connectivity index (χ2n) is 4.99. The summed E-state index contributed by atoms with van der Waals surface area (Å²) >= 11 is 0. The lowest BCUT2D eigenvalue weighted by atomic mass is 9.81. The lowest BCUT2D eigenvalue weighted by Crippen LogP contribution is -2.39. The van der Waals surface area contributed by atoms with Crippen molar-refractivity contribution in [2.24, 2.45) is 11.1 Å². The number of nitrogens with two attached hydrogens (primary N) is 1. The summed E-state index contributed by atoms with van der Waals surface area (Å²) in [4.78, 5) is 9.80. The van der Waals surface area contributed by atoms with E-state index in [1.54, 1.807) is 0 Å². The molecule has 0 aliphatic heterocycles. The number of nitrogens with zero attached hydrogens (tertiary/aromatic N) is 1. The highest BCUT2D eigenvalue weighted by Gasteiger charge is 2.44. The van der Waals surface area contributed by atoms with Gasteiger partial charge in [0.15, 0.2) is 0 Å². The lowest BCUT2D eigenvalue weighted by molar-refractivity contribution is -0.384. The van der Waals surface area contributed by atoms with Crippen molar-refractivity contribution in [3.63, 3.8) is 0 Å². The van der Waals surface area contributed by atoms with E-state index in [-0.39, 0.29) is 35.9 Å². The number of benzene rings is 1. The van der Waals surface area contributed by atoms with Crippen LogP contribution in [0, 0.1) is 16.0 Å². The number of halogens is 2. The first-order valence-electron chi connectivity index (χ1n) is 6.01. The second kappa shape index (κ2) is 5.19. The minimum atomic E-state index is -4.05. The molecule has 7 nitrogen and oxygen atoms in total. The maximum absolute atomic E-state index is 12.7. The molecule has 10 heteroatoms. The minimum absolute atomic E-state index is 0.0719. The van der Waals surface area contributed by atoms with Crippen LogP contribution in [-0.4, -0.2) is 25.8 Å². The highest BCUT2D eigenvalue weighted by molar-refractivity contribution is 7.89. The Morgan fingerprint density at radius 1 is 1.43 bits per heavy atom. The van der Waals surface area contributed by atoms with Gasteiger partial charge in [0.2, 0.25) is 15.9 Å². The van der Waals surface area contributed by atoms with Gasteiger partial charge >= 0.3 is 0 Å². The van der Waals surface area contributed by atoms with Gasteiger partial charge in [-0.05, 0) is 18.1 Å². The normalized spacial score (nSPS) is 18.0. The molecule has 3 N–H and O–H groups in total. The summed E-state index contributed by atoms with van der Waals surface area (Å²) in [6.07, 6.45) is -0.522. The Hall–Kier alpha value is -1.81. The topological polar surface area (TPSA) is 115 Å². The molecule has 0 amide bonds. The van der Waals surface area contributed by atoms with E-state index in [1.807, 2.05) is 0 Å². The van der Waals surface area contributed by atoms with Crippen LogP contribution in [0.1, 0.15) is 12.8 Å². The van der Waals surface area contributed by atoms with Gasteiger partial charge < -0.3 is 5.32 Å². The van der Waals surface area contributed by atoms with Gasteiger partial charge in [-0.25, -0.2) is 22.3 Å². The minimum Gasteiger partial charge on any atom is -0.379 e. The van der Waals surface area contributed by atoms with Crippen molar-refractivity contribution < 1.29 is 22.1 Å². The molecule has 2 rings (SSSR count). The zero-order chi connectivity index (χ0) is 15.8. The Morgan fingerprint density at radius 2 is 2.05 bits per heavy atom. The third kappa shape index (κ3) is 3.64. The molecular formula is C11H13F2N3O4S. The van der Waals surface area contributed by atoms with Gasteiger partial charge in [-0.2, -0.15) is 0 Å². The molecule has 116 valence electrons. The smallest absolute Gasteiger partial charge is 0.293 e. The molecule has 0 unspecified atom stereocenters. The van der Waals surface area contributed by atoms with E-state index in [0.29, 0.717) is 0 Å². The van der Waals surface area contributed by atoms with E-state index < -0.39 is 26.6 Å². The molecule has 0 aromatic heterocycles. The van der Waals surface area contributed by atoms with E-state index in [2.05, 4.69) is 5.32 Å². The summed E-state index contributed by atoms with van der Waals surface area (Å²) in [5.41, 5.74) is -0.393. The van der Waals surface area contributed by atoms with Gasteiger partial charge in [0.1, 0.15) is 5.69 Å². The van der Waals surface area contributed by atoms with E-state index >= 15 is 0 Å². The number of hydrogen-bond acceptors (Lipinski definition) is 5. The third-order valence-corrected chi connectivity index (χ3v) is 4.16. The molecule has 1 aliphatic carbocycles. The zero-order valence-electron chi connectivity index (χ0n) is 10.8. The van der Waals surface area contributed by atoms with Gasteiger partial charge in [0, 0.05) is 25.5 Å². The summed E-state index contributed by atoms with van der Waals surface area (Å²) in [5.74, 6) is -2.92. The number of nitro groups is 1. The molecule has 1 aliphatic rings. The molecule has 0 bridgehead atoms. The van der Waals surface area contributed by atoms with Crippen LogP contribution in [0.3, 0.4) is 0 Å². The van der Waals surface area contributed by atoms with Crippen LogP contribution in [0.4, 0.5) is 20.2 Å². The molecule has 1 aromatic rings. The molecule has 0 heterocycles. The van der Waals surface area contributed by atoms with Crippen molar-refractivity contribution in [2.45, 2.75) is 23.7 Å². The molecule has 0 radical (unpaired) electrons. The fourth-order valence-electron chi connectivity index (χ4n) is 2.17. The van der Waals surface area contributed by atoms with Crippen molar-refractivity contribution in [3.8, 4) is 0 Å². The largest absolute Gasteiger partial charge is 0.379 e. The Morgan fingerprint density at radius 3 is 2.52 bits per heavy atom. The third-order valence-electron chi connectivity index (χ3n) is 3.25. The van der Waals surface area contributed by atoms with Crippen LogP contribution >= 0.6 is 0 Å². The van der Waals surface area contributed by atoms with Gasteiger partial charge in [-0.15, -0.1) is 0 Å². The summed E-state index contributed by atoms with van der Waals surface area (Å²) in [7, 11) is -4.05. The summed E-state index contributed by atoms with van der Waals surface area (Å²) in [5, 5.41) is 18.5. The van der Waals surface area contributed by atoms with Crippen molar-refractivity contribution >= 4 is 21.4 Å². The van der Waals surface area contributed by atoms with E-state index in [1.165, 1.54) is 6.07 Å². The van der Waals surface area contributed by atoms with Gasteiger partial charge in [0.05, 0.1) is 9.82 Å². The maximum atomic E-state index is 12.7. The Balaban J connectivity index is 2.14. The first-order valence-corrected chi connectivity index (χ1v) is 7.56. The number of nitrogens with one attached hydrogen (secondary N) is 1. The molecular weight excluding hydrogens is 308 g/mol. The predicted octanol–water partition coefficient (Wildman–Crippen LogP) is 1.70. The molecule has 0 spiro atoms. The maximum Gasteiger partial charge on any atom is 0.293 e. The number of primary sulfonamides is 1. The number of anilines is 1. The predicted molar refractivity (Wildman–Crippen MR) is 70.6 cm³/mol. The molecule has 1 fully saturated rings. The first-order chi connectivity index (χ1) is 9.58. The lowest BCUT2D eigenvalue weighted by Gasteiger charge is -2.35. The number of nitro benzene ring substituents is 1. The van der Waals surface area contributed by atoms with Crippen molar-refractivity contribution in [2.75, 3.05) is 11.9 Å². The SMILES string of the molecule is NS(=O)(=O)c1ccc(NCC2CC(F)(F)C2)c([N+](=O)[O-])c1. The summed E-state index contributed by atoms with van der Waals surface area (Å²) in [6.45, 7) is 0.158. The second-order valence-corrected chi connectivity index (χ2v) is 6.55. The monoisotopic (exact) mass is 321 g/mol. The van der Waals surface area contributed by atoms with Crippen LogP contribution in [0.15, 0.2) is 23.1 Å². The Kier molecular flexibility index (Phi) is 3.85. The average Bonchev–Trinajstić information content (AvgIpc) is 2.32. The number of rotatable bonds is 5. The Labute approximate surface area is 119 Å². The molecule has 0 atom stereocenters. The highest BCUT2D eigenvalue weighted by Crippen LogP contribution is 2.42. The standard InChI is InChI=1S/C11H13F2N3O4S/c12-11(13)4-7(5-11)6-15-9-2-1-8(21(14,19)20)3-10(9)16(17)18/h1-3,7,15H,4-6H2,(H2,14,19,20). The van der Waals surface area contributed by atoms with Crippen LogP contribution in [0.5, 0.6) is 0 Å². The molecule has 1 aromatic carbocycles. The number of hydrogen-bond donors (Lipinski definition) is 2. The van der Waals surface area contributed by atoms with Gasteiger partial charge in [-0.3, -0.25) is 10.1 Å². The average molecular weight is 321 g/mol. The highest BCUT2D eigenvalue weighted by atomic mass is 32.2. The molecule has 1 saturated carbocycles. The van der Waals surface area contributed by atoms with Crippen molar-refractivity contribution in [3.05, 3.63) is 28.3 Å². The quantitative estimate of drug-likeness (QED) is 0.632. The summed E-state index contributed by atoms with van der Waals surface area (Å²) < 4.78 is 47.7.